The average Bonchev–Trinajstić information content (AvgIpc) is 2.64. The number of nitrogens with zero attached hydrogens (tertiary/aromatic N) is 1. The van der Waals surface area contributed by atoms with Gasteiger partial charge in [-0.2, -0.15) is 13.2 Å². The predicted molar refractivity (Wildman–Crippen MR) is 107 cm³/mol. The van der Waals surface area contributed by atoms with E-state index < -0.39 is 23.5 Å². The lowest BCUT2D eigenvalue weighted by Crippen LogP contribution is -2.19. The molecule has 0 atom stereocenters. The van der Waals surface area contributed by atoms with Crippen LogP contribution >= 0.6 is 0 Å². The molecule has 0 spiro atoms. The summed E-state index contributed by atoms with van der Waals surface area (Å²) < 4.78 is 43.3. The molecule has 0 radical (unpaired) electrons. The third-order valence-corrected chi connectivity index (χ3v) is 4.07. The maximum Gasteiger partial charge on any atom is 0.449 e. The molecule has 28 heavy (non-hydrogen) atoms. The molecule has 162 valence electrons. The van der Waals surface area contributed by atoms with Crippen LogP contribution in [0.2, 0.25) is 0 Å². The van der Waals surface area contributed by atoms with Crippen molar-refractivity contribution < 1.29 is 27.8 Å². The quantitative estimate of drug-likeness (QED) is 0.0848. The lowest BCUT2D eigenvalue weighted by atomic mass is 10.1. The topological polar surface area (TPSA) is 58.9 Å². The van der Waals surface area contributed by atoms with Crippen molar-refractivity contribution in [2.24, 2.45) is 4.99 Å². The van der Waals surface area contributed by atoms with Crippen molar-refractivity contribution in [2.75, 3.05) is 13.2 Å². The number of aliphatic imine (C=N–C) groups is 1. The fourth-order valence-electron chi connectivity index (χ4n) is 2.43. The number of aliphatic hydroxyl groups excluding tert-OH is 1. The highest BCUT2D eigenvalue weighted by Crippen LogP contribution is 2.27. The summed E-state index contributed by atoms with van der Waals surface area (Å²) in [6, 6.07) is 0. The summed E-state index contributed by atoms with van der Waals surface area (Å²) >= 11 is 0. The molecule has 0 fully saturated rings. The predicted octanol–water partition coefficient (Wildman–Crippen LogP) is 6.47. The normalized spacial score (nSPS) is 13.3. The van der Waals surface area contributed by atoms with Crippen LogP contribution in [0.15, 0.2) is 28.5 Å². The van der Waals surface area contributed by atoms with Gasteiger partial charge in [0.2, 0.25) is 5.76 Å². The number of carbonyl (C=O) groups excluding carboxylic acids is 1. The van der Waals surface area contributed by atoms with Crippen LogP contribution in [0.3, 0.4) is 0 Å². The van der Waals surface area contributed by atoms with Crippen LogP contribution in [0, 0.1) is 0 Å². The molecule has 0 aromatic carbocycles. The number of allylic oxidation sites excluding steroid dienone is 2. The van der Waals surface area contributed by atoms with Gasteiger partial charge in [-0.25, -0.2) is 4.79 Å². The Kier molecular flexibility index (Phi) is 15.2. The fraction of sp³-hybridized carbons (Fsp3) is 0.714. The van der Waals surface area contributed by atoms with Crippen molar-refractivity contribution in [3.63, 3.8) is 0 Å². The zero-order valence-electron chi connectivity index (χ0n) is 17.1. The fourth-order valence-corrected chi connectivity index (χ4v) is 2.43. The third-order valence-electron chi connectivity index (χ3n) is 4.07. The van der Waals surface area contributed by atoms with Gasteiger partial charge in [0, 0.05) is 12.8 Å². The number of hydrogen-bond acceptors (Lipinski definition) is 4. The number of rotatable bonds is 15. The molecule has 0 aliphatic rings. The van der Waals surface area contributed by atoms with Gasteiger partial charge in [-0.05, 0) is 25.0 Å². The Balaban J connectivity index is 4.63. The standard InChI is InChI=1S/C21H34F3NO3/c1-3-5-7-9-10-12-17-28-20(27)18(19(26)21(22,23)24)14-13-16-25-15-11-8-6-4-2/h13-14,16,26H,3-12,15,17H2,1-2H3. The minimum absolute atomic E-state index is 0.0267. The van der Waals surface area contributed by atoms with Gasteiger partial charge in [-0.3, -0.25) is 4.99 Å². The van der Waals surface area contributed by atoms with Gasteiger partial charge < -0.3 is 9.84 Å². The van der Waals surface area contributed by atoms with E-state index in [4.69, 9.17) is 4.74 Å². The average molecular weight is 406 g/mol. The summed E-state index contributed by atoms with van der Waals surface area (Å²) in [5.41, 5.74) is -0.907. The maximum atomic E-state index is 12.8. The van der Waals surface area contributed by atoms with E-state index in [1.165, 1.54) is 12.3 Å². The van der Waals surface area contributed by atoms with Gasteiger partial charge >= 0.3 is 12.1 Å². The number of aliphatic hydroxyl groups is 1. The largest absolute Gasteiger partial charge is 0.504 e. The molecule has 0 saturated carbocycles. The number of esters is 1. The van der Waals surface area contributed by atoms with Crippen LogP contribution in [0.25, 0.3) is 0 Å². The highest BCUT2D eigenvalue weighted by molar-refractivity contribution is 5.93. The molecule has 0 rings (SSSR count). The molecule has 0 aromatic heterocycles. The molecular formula is C21H34F3NO3. The Bertz CT molecular complexity index is 512. The second-order valence-corrected chi connectivity index (χ2v) is 6.64. The van der Waals surface area contributed by atoms with Crippen molar-refractivity contribution in [3.05, 3.63) is 23.5 Å². The minimum atomic E-state index is -5.02. The Morgan fingerprint density at radius 2 is 1.54 bits per heavy atom. The molecule has 0 aliphatic heterocycles. The van der Waals surface area contributed by atoms with Gasteiger partial charge in [0.05, 0.1) is 6.61 Å². The van der Waals surface area contributed by atoms with Gasteiger partial charge in [0.25, 0.3) is 0 Å². The number of unbranched alkanes of at least 4 members (excludes halogenated alkanes) is 8. The molecular weight excluding hydrogens is 371 g/mol. The molecule has 0 saturated heterocycles. The SMILES string of the molecule is CCCCCCCCOC(=O)C(C=CC=NCCCCCC)=C(O)C(F)(F)F. The third kappa shape index (κ3) is 13.4. The van der Waals surface area contributed by atoms with Crippen LogP contribution < -0.4 is 0 Å². The zero-order chi connectivity index (χ0) is 21.3. The summed E-state index contributed by atoms with van der Waals surface area (Å²) in [7, 11) is 0. The number of carbonyl (C=O) groups is 1. The summed E-state index contributed by atoms with van der Waals surface area (Å²) in [5, 5.41) is 9.37. The lowest BCUT2D eigenvalue weighted by Gasteiger charge is -2.10. The summed E-state index contributed by atoms with van der Waals surface area (Å²) in [4.78, 5) is 16.0. The van der Waals surface area contributed by atoms with Crippen molar-refractivity contribution in [2.45, 2.75) is 84.2 Å². The lowest BCUT2D eigenvalue weighted by molar-refractivity contribution is -0.142. The first-order valence-corrected chi connectivity index (χ1v) is 10.2. The van der Waals surface area contributed by atoms with Gasteiger partial charge in [-0.15, -0.1) is 0 Å². The molecule has 0 aromatic rings. The van der Waals surface area contributed by atoms with Crippen molar-refractivity contribution >= 4 is 12.2 Å². The maximum absolute atomic E-state index is 12.8. The van der Waals surface area contributed by atoms with Gasteiger partial charge in [0.15, 0.2) is 0 Å². The smallest absolute Gasteiger partial charge is 0.449 e. The van der Waals surface area contributed by atoms with Gasteiger partial charge in [-0.1, -0.05) is 65.2 Å². The van der Waals surface area contributed by atoms with E-state index >= 15 is 0 Å². The summed E-state index contributed by atoms with van der Waals surface area (Å²) in [6.07, 6.45) is 8.34. The van der Waals surface area contributed by atoms with Crippen LogP contribution in [-0.2, 0) is 9.53 Å². The molecule has 7 heteroatoms. The number of alkyl halides is 3. The van der Waals surface area contributed by atoms with Crippen LogP contribution in [0.5, 0.6) is 0 Å². The van der Waals surface area contributed by atoms with E-state index in [0.29, 0.717) is 13.0 Å². The molecule has 0 heterocycles. The number of ether oxygens (including phenoxy) is 1. The Hall–Kier alpha value is -1.79. The van der Waals surface area contributed by atoms with Crippen LogP contribution in [0.1, 0.15) is 78.1 Å². The Morgan fingerprint density at radius 1 is 0.964 bits per heavy atom. The van der Waals surface area contributed by atoms with E-state index in [-0.39, 0.29) is 6.61 Å². The molecule has 0 unspecified atom stereocenters. The van der Waals surface area contributed by atoms with Crippen LogP contribution in [-0.4, -0.2) is 36.6 Å². The molecule has 0 bridgehead atoms. The van der Waals surface area contributed by atoms with E-state index in [9.17, 15) is 23.1 Å². The summed E-state index contributed by atoms with van der Waals surface area (Å²) in [5.74, 6) is -3.14. The molecule has 4 nitrogen and oxygen atoms in total. The van der Waals surface area contributed by atoms with E-state index in [2.05, 4.69) is 18.8 Å². The highest BCUT2D eigenvalue weighted by Gasteiger charge is 2.38. The van der Waals surface area contributed by atoms with Crippen molar-refractivity contribution in [1.82, 2.24) is 0 Å². The van der Waals surface area contributed by atoms with Gasteiger partial charge in [0.1, 0.15) is 5.57 Å². The summed E-state index contributed by atoms with van der Waals surface area (Å²) in [6.45, 7) is 4.79. The van der Waals surface area contributed by atoms with Crippen molar-refractivity contribution in [3.8, 4) is 0 Å². The minimum Gasteiger partial charge on any atom is -0.504 e. The monoisotopic (exact) mass is 405 g/mol. The van der Waals surface area contributed by atoms with E-state index in [1.54, 1.807) is 0 Å². The Morgan fingerprint density at radius 3 is 2.14 bits per heavy atom. The number of hydrogen-bond donors (Lipinski definition) is 1. The second-order valence-electron chi connectivity index (χ2n) is 6.64. The molecule has 0 aliphatic carbocycles. The van der Waals surface area contributed by atoms with Crippen LogP contribution in [0.4, 0.5) is 13.2 Å². The highest BCUT2D eigenvalue weighted by atomic mass is 19.4. The number of halogens is 3. The molecule has 1 N–H and O–H groups in total. The Labute approximate surface area is 166 Å². The van der Waals surface area contributed by atoms with E-state index in [0.717, 1.165) is 63.9 Å². The first kappa shape index (κ1) is 26.2. The second kappa shape index (κ2) is 16.2. The molecule has 0 amide bonds. The van der Waals surface area contributed by atoms with E-state index in [1.807, 2.05) is 0 Å². The first-order valence-electron chi connectivity index (χ1n) is 10.2. The van der Waals surface area contributed by atoms with Crippen molar-refractivity contribution in [1.29, 1.82) is 0 Å². The first-order chi connectivity index (χ1) is 13.3. The zero-order valence-corrected chi connectivity index (χ0v) is 17.1.